The van der Waals surface area contributed by atoms with Crippen LogP contribution >= 0.6 is 12.4 Å². The molecule has 1 aliphatic heterocycles. The standard InChI is InChI=1S/C19H18FN3O2.ClH/c1-12-15(10-21)4-5-17(23-12)18(24)9-13-2-3-14(8-16(13)20)19-11-22-6-7-25-19;/h2-5,8,19,22H,6-7,9,11H2,1H3;1H/t19-;/m1./s1. The molecule has 0 amide bonds. The van der Waals surface area contributed by atoms with Crippen LogP contribution in [-0.2, 0) is 11.2 Å². The van der Waals surface area contributed by atoms with E-state index in [2.05, 4.69) is 10.3 Å². The molecule has 7 heteroatoms. The molecule has 1 aromatic carbocycles. The number of nitriles is 1. The van der Waals surface area contributed by atoms with Crippen molar-refractivity contribution in [3.8, 4) is 6.07 Å². The van der Waals surface area contributed by atoms with Gasteiger partial charge in [-0.15, -0.1) is 12.4 Å². The van der Waals surface area contributed by atoms with E-state index in [-0.39, 0.29) is 36.4 Å². The summed E-state index contributed by atoms with van der Waals surface area (Å²) in [5.41, 5.74) is 2.23. The van der Waals surface area contributed by atoms with E-state index in [0.29, 0.717) is 30.0 Å². The number of hydrogen-bond donors (Lipinski definition) is 1. The zero-order valence-electron chi connectivity index (χ0n) is 14.3. The third kappa shape index (κ3) is 4.44. The first-order valence-corrected chi connectivity index (χ1v) is 8.10. The summed E-state index contributed by atoms with van der Waals surface area (Å²) >= 11 is 0. The number of pyridine rings is 1. The van der Waals surface area contributed by atoms with Gasteiger partial charge in [-0.3, -0.25) is 4.79 Å². The number of Topliss-reactive ketones (excluding diaryl/α,β-unsaturated/α-hetero) is 1. The molecule has 0 bridgehead atoms. The predicted octanol–water partition coefficient (Wildman–Crippen LogP) is 2.91. The molecule has 1 aliphatic rings. The van der Waals surface area contributed by atoms with Gasteiger partial charge in [-0.05, 0) is 36.2 Å². The summed E-state index contributed by atoms with van der Waals surface area (Å²) in [6.45, 7) is 3.70. The Morgan fingerprint density at radius 3 is 2.85 bits per heavy atom. The van der Waals surface area contributed by atoms with Gasteiger partial charge in [0.2, 0.25) is 0 Å². The van der Waals surface area contributed by atoms with Crippen LogP contribution in [0, 0.1) is 24.1 Å². The summed E-state index contributed by atoms with van der Waals surface area (Å²) < 4.78 is 20.0. The van der Waals surface area contributed by atoms with Crippen molar-refractivity contribution in [1.29, 1.82) is 5.26 Å². The largest absolute Gasteiger partial charge is 0.371 e. The van der Waals surface area contributed by atoms with Crippen LogP contribution in [0.4, 0.5) is 4.39 Å². The lowest BCUT2D eigenvalue weighted by Gasteiger charge is -2.24. The number of aryl methyl sites for hydroxylation is 1. The molecule has 1 aromatic heterocycles. The minimum Gasteiger partial charge on any atom is -0.371 e. The fourth-order valence-corrected chi connectivity index (χ4v) is 2.78. The van der Waals surface area contributed by atoms with E-state index in [4.69, 9.17) is 10.00 Å². The topological polar surface area (TPSA) is 75.0 Å². The van der Waals surface area contributed by atoms with E-state index in [9.17, 15) is 9.18 Å². The maximum Gasteiger partial charge on any atom is 0.185 e. The molecule has 136 valence electrons. The Morgan fingerprint density at radius 1 is 1.42 bits per heavy atom. The SMILES string of the molecule is Cc1nc(C(=O)Cc2ccc([C@H]3CNCCO3)cc2F)ccc1C#N.Cl. The van der Waals surface area contributed by atoms with E-state index in [1.165, 1.54) is 12.1 Å². The Kier molecular flexibility index (Phi) is 6.81. The summed E-state index contributed by atoms with van der Waals surface area (Å²) in [6.07, 6.45) is -0.246. The van der Waals surface area contributed by atoms with Gasteiger partial charge < -0.3 is 10.1 Å². The average Bonchev–Trinajstić information content (AvgIpc) is 2.64. The molecule has 0 unspecified atom stereocenters. The van der Waals surface area contributed by atoms with Crippen LogP contribution < -0.4 is 5.32 Å². The molecule has 0 aliphatic carbocycles. The maximum absolute atomic E-state index is 14.4. The van der Waals surface area contributed by atoms with Crippen molar-refractivity contribution >= 4 is 18.2 Å². The molecular weight excluding hydrogens is 357 g/mol. The van der Waals surface area contributed by atoms with Crippen LogP contribution in [0.5, 0.6) is 0 Å². The van der Waals surface area contributed by atoms with Gasteiger partial charge in [0.25, 0.3) is 0 Å². The monoisotopic (exact) mass is 375 g/mol. The van der Waals surface area contributed by atoms with E-state index >= 15 is 0 Å². The lowest BCUT2D eigenvalue weighted by Crippen LogP contribution is -2.33. The molecule has 2 aromatic rings. The minimum absolute atomic E-state index is 0. The molecule has 1 atom stereocenters. The number of morpholine rings is 1. The van der Waals surface area contributed by atoms with Gasteiger partial charge in [-0.25, -0.2) is 9.37 Å². The second-order valence-corrected chi connectivity index (χ2v) is 5.96. The number of halogens is 2. The van der Waals surface area contributed by atoms with Crippen LogP contribution in [0.1, 0.15) is 39.0 Å². The Labute approximate surface area is 157 Å². The van der Waals surface area contributed by atoms with Crippen molar-refractivity contribution in [3.63, 3.8) is 0 Å². The summed E-state index contributed by atoms with van der Waals surface area (Å²) in [6, 6.07) is 9.91. The third-order valence-corrected chi connectivity index (χ3v) is 4.22. The number of benzene rings is 1. The van der Waals surface area contributed by atoms with Gasteiger partial charge in [-0.2, -0.15) is 5.26 Å². The lowest BCUT2D eigenvalue weighted by atomic mass is 10.0. The number of rotatable bonds is 4. The van der Waals surface area contributed by atoms with E-state index in [0.717, 1.165) is 12.1 Å². The molecule has 1 fully saturated rings. The summed E-state index contributed by atoms with van der Waals surface area (Å²) in [7, 11) is 0. The number of nitrogens with zero attached hydrogens (tertiary/aromatic N) is 2. The number of carbonyl (C=O) groups is 1. The number of carbonyl (C=O) groups excluding carboxylic acids is 1. The van der Waals surface area contributed by atoms with Crippen molar-refractivity contribution in [2.45, 2.75) is 19.4 Å². The lowest BCUT2D eigenvalue weighted by molar-refractivity contribution is 0.0275. The molecule has 1 saturated heterocycles. The Bertz CT molecular complexity index is 845. The van der Waals surface area contributed by atoms with Gasteiger partial charge in [0.15, 0.2) is 5.78 Å². The smallest absolute Gasteiger partial charge is 0.185 e. The van der Waals surface area contributed by atoms with Crippen LogP contribution in [-0.4, -0.2) is 30.5 Å². The molecule has 3 rings (SSSR count). The summed E-state index contributed by atoms with van der Waals surface area (Å²) in [5.74, 6) is -0.708. The Morgan fingerprint density at radius 2 is 2.23 bits per heavy atom. The fraction of sp³-hybridized carbons (Fsp3) is 0.316. The van der Waals surface area contributed by atoms with Crippen molar-refractivity contribution in [2.75, 3.05) is 19.7 Å². The first-order chi connectivity index (χ1) is 12.1. The number of hydrogen-bond acceptors (Lipinski definition) is 5. The molecule has 0 saturated carbocycles. The van der Waals surface area contributed by atoms with Gasteiger partial charge in [0.05, 0.1) is 24.0 Å². The van der Waals surface area contributed by atoms with Gasteiger partial charge in [0, 0.05) is 19.5 Å². The molecule has 0 radical (unpaired) electrons. The van der Waals surface area contributed by atoms with Crippen LogP contribution in [0.3, 0.4) is 0 Å². The highest BCUT2D eigenvalue weighted by molar-refractivity contribution is 5.95. The number of nitrogens with one attached hydrogen (secondary N) is 1. The maximum atomic E-state index is 14.4. The first kappa shape index (κ1) is 20.0. The normalized spacial score (nSPS) is 16.4. The average molecular weight is 376 g/mol. The predicted molar refractivity (Wildman–Crippen MR) is 96.9 cm³/mol. The van der Waals surface area contributed by atoms with Gasteiger partial charge in [-0.1, -0.05) is 12.1 Å². The van der Waals surface area contributed by atoms with E-state index < -0.39 is 5.82 Å². The molecule has 0 spiro atoms. The van der Waals surface area contributed by atoms with Crippen LogP contribution in [0.2, 0.25) is 0 Å². The number of ether oxygens (including phenoxy) is 1. The second kappa shape index (κ2) is 8.86. The van der Waals surface area contributed by atoms with Crippen molar-refractivity contribution < 1.29 is 13.9 Å². The van der Waals surface area contributed by atoms with Gasteiger partial charge in [0.1, 0.15) is 17.6 Å². The van der Waals surface area contributed by atoms with Crippen molar-refractivity contribution in [2.24, 2.45) is 0 Å². The Balaban J connectivity index is 0.00000243. The molecule has 26 heavy (non-hydrogen) atoms. The molecule has 5 nitrogen and oxygen atoms in total. The van der Waals surface area contributed by atoms with E-state index in [1.54, 1.807) is 25.1 Å². The third-order valence-electron chi connectivity index (χ3n) is 4.22. The fourth-order valence-electron chi connectivity index (χ4n) is 2.78. The highest BCUT2D eigenvalue weighted by atomic mass is 35.5. The second-order valence-electron chi connectivity index (χ2n) is 5.96. The van der Waals surface area contributed by atoms with Crippen molar-refractivity contribution in [1.82, 2.24) is 10.3 Å². The zero-order chi connectivity index (χ0) is 17.8. The highest BCUT2D eigenvalue weighted by Crippen LogP contribution is 2.22. The quantitative estimate of drug-likeness (QED) is 0.831. The number of ketones is 1. The van der Waals surface area contributed by atoms with Crippen LogP contribution in [0.25, 0.3) is 0 Å². The molecular formula is C19H19ClFN3O2. The zero-order valence-corrected chi connectivity index (χ0v) is 15.1. The van der Waals surface area contributed by atoms with Gasteiger partial charge >= 0.3 is 0 Å². The Hall–Kier alpha value is -2.33. The van der Waals surface area contributed by atoms with Crippen molar-refractivity contribution in [3.05, 3.63) is 64.2 Å². The van der Waals surface area contributed by atoms with Crippen LogP contribution in [0.15, 0.2) is 30.3 Å². The molecule has 1 N–H and O–H groups in total. The molecule has 2 heterocycles. The van der Waals surface area contributed by atoms with E-state index in [1.807, 2.05) is 6.07 Å². The number of aromatic nitrogens is 1. The summed E-state index contributed by atoms with van der Waals surface area (Å²) in [5, 5.41) is 12.1. The summed E-state index contributed by atoms with van der Waals surface area (Å²) in [4.78, 5) is 16.5. The minimum atomic E-state index is -0.426. The highest BCUT2D eigenvalue weighted by Gasteiger charge is 2.18. The first-order valence-electron chi connectivity index (χ1n) is 8.10.